The number of esters is 1. The van der Waals surface area contributed by atoms with Gasteiger partial charge >= 0.3 is 5.97 Å². The molecule has 0 aliphatic carbocycles. The van der Waals surface area contributed by atoms with Gasteiger partial charge in [0.15, 0.2) is 0 Å². The molecule has 1 aromatic rings. The Balaban J connectivity index is 1.94. The molecule has 0 radical (unpaired) electrons. The molecule has 2 heterocycles. The minimum atomic E-state index is -0.343. The average molecular weight is 330 g/mol. The van der Waals surface area contributed by atoms with Gasteiger partial charge in [0, 0.05) is 19.0 Å². The molecular formula is C15H17Cl2NO3. The van der Waals surface area contributed by atoms with E-state index in [4.69, 9.17) is 32.7 Å². The lowest BCUT2D eigenvalue weighted by Gasteiger charge is -2.30. The number of carbonyl (C=O) groups is 1. The number of rotatable bonds is 4. The molecule has 114 valence electrons. The van der Waals surface area contributed by atoms with Crippen LogP contribution < -0.4 is 5.32 Å². The third kappa shape index (κ3) is 2.78. The Labute approximate surface area is 133 Å². The van der Waals surface area contributed by atoms with Crippen LogP contribution in [0.25, 0.3) is 0 Å². The highest BCUT2D eigenvalue weighted by molar-refractivity contribution is 6.42. The summed E-state index contributed by atoms with van der Waals surface area (Å²) in [7, 11) is 1.39. The standard InChI is InChI=1S/C15H17Cl2NO3/c1-20-14(19)3-2-9-4-12(16)13(17)5-11(9)15-6-10(7-21-15)18-8-15/h4-5,10,18H,2-3,6-8H2,1H3. The van der Waals surface area contributed by atoms with Crippen LogP contribution in [0.5, 0.6) is 0 Å². The van der Waals surface area contributed by atoms with Gasteiger partial charge in [-0.05, 0) is 36.1 Å². The van der Waals surface area contributed by atoms with Crippen LogP contribution in [0.4, 0.5) is 0 Å². The first-order chi connectivity index (χ1) is 10.0. The van der Waals surface area contributed by atoms with Gasteiger partial charge in [-0.3, -0.25) is 4.79 Å². The fraction of sp³-hybridized carbons (Fsp3) is 0.533. The Kier molecular flexibility index (Phi) is 4.14. The summed E-state index contributed by atoms with van der Waals surface area (Å²) in [6.45, 7) is 1.47. The van der Waals surface area contributed by atoms with Crippen molar-refractivity contribution in [3.05, 3.63) is 33.3 Å². The first-order valence-corrected chi connectivity index (χ1v) is 7.72. The number of aryl methyl sites for hydroxylation is 1. The first kappa shape index (κ1) is 15.1. The second kappa shape index (κ2) is 5.76. The first-order valence-electron chi connectivity index (χ1n) is 6.96. The Morgan fingerprint density at radius 2 is 2.24 bits per heavy atom. The smallest absolute Gasteiger partial charge is 0.305 e. The van der Waals surface area contributed by atoms with Crippen LogP contribution in [-0.2, 0) is 26.3 Å². The summed E-state index contributed by atoms with van der Waals surface area (Å²) >= 11 is 12.3. The average Bonchev–Trinajstić information content (AvgIpc) is 3.09. The SMILES string of the molecule is COC(=O)CCc1cc(Cl)c(Cl)cc1C12CNC(CO1)C2. The minimum absolute atomic E-state index is 0.237. The van der Waals surface area contributed by atoms with Crippen LogP contribution in [-0.4, -0.2) is 32.3 Å². The predicted octanol–water partition coefficient (Wildman–Crippen LogP) is 2.69. The van der Waals surface area contributed by atoms with Crippen molar-refractivity contribution in [1.29, 1.82) is 0 Å². The number of nitrogens with one attached hydrogen (secondary N) is 1. The molecule has 0 saturated carbocycles. The highest BCUT2D eigenvalue weighted by atomic mass is 35.5. The molecule has 2 aliphatic rings. The number of fused-ring (bicyclic) bond motifs is 2. The quantitative estimate of drug-likeness (QED) is 0.863. The van der Waals surface area contributed by atoms with E-state index in [0.29, 0.717) is 35.5 Å². The molecule has 3 rings (SSSR count). The van der Waals surface area contributed by atoms with Gasteiger partial charge in [-0.25, -0.2) is 0 Å². The van der Waals surface area contributed by atoms with Crippen molar-refractivity contribution in [2.75, 3.05) is 20.3 Å². The van der Waals surface area contributed by atoms with E-state index in [0.717, 1.165) is 24.1 Å². The normalized spacial score (nSPS) is 27.1. The number of carbonyl (C=O) groups excluding carboxylic acids is 1. The van der Waals surface area contributed by atoms with E-state index in [1.54, 1.807) is 0 Å². The highest BCUT2D eigenvalue weighted by Crippen LogP contribution is 2.44. The predicted molar refractivity (Wildman–Crippen MR) is 80.8 cm³/mol. The van der Waals surface area contributed by atoms with Crippen molar-refractivity contribution in [1.82, 2.24) is 5.32 Å². The maximum absolute atomic E-state index is 11.4. The molecule has 2 aliphatic heterocycles. The lowest BCUT2D eigenvalue weighted by molar-refractivity contribution is -0.140. The summed E-state index contributed by atoms with van der Waals surface area (Å²) in [5.74, 6) is -0.237. The van der Waals surface area contributed by atoms with Gasteiger partial charge in [0.2, 0.25) is 0 Å². The Hall–Kier alpha value is -0.810. The number of hydrogen-bond acceptors (Lipinski definition) is 4. The van der Waals surface area contributed by atoms with Gasteiger partial charge in [-0.1, -0.05) is 23.2 Å². The zero-order valence-corrected chi connectivity index (χ0v) is 13.3. The van der Waals surface area contributed by atoms with Gasteiger partial charge < -0.3 is 14.8 Å². The van der Waals surface area contributed by atoms with E-state index in [-0.39, 0.29) is 11.6 Å². The number of ether oxygens (including phenoxy) is 2. The summed E-state index contributed by atoms with van der Waals surface area (Å²) in [5.41, 5.74) is 1.69. The van der Waals surface area contributed by atoms with Crippen molar-refractivity contribution in [3.8, 4) is 0 Å². The molecule has 6 heteroatoms. The van der Waals surface area contributed by atoms with E-state index < -0.39 is 0 Å². The van der Waals surface area contributed by atoms with Crippen molar-refractivity contribution < 1.29 is 14.3 Å². The maximum Gasteiger partial charge on any atom is 0.305 e. The second-order valence-electron chi connectivity index (χ2n) is 5.59. The van der Waals surface area contributed by atoms with Gasteiger partial charge in [0.05, 0.1) is 23.8 Å². The third-order valence-corrected chi connectivity index (χ3v) is 5.00. The van der Waals surface area contributed by atoms with Crippen LogP contribution in [0.2, 0.25) is 10.0 Å². The topological polar surface area (TPSA) is 47.6 Å². The van der Waals surface area contributed by atoms with Gasteiger partial charge in [-0.15, -0.1) is 0 Å². The van der Waals surface area contributed by atoms with Crippen molar-refractivity contribution in [2.24, 2.45) is 0 Å². The molecule has 2 bridgehead atoms. The summed E-state index contributed by atoms with van der Waals surface area (Å²) in [5, 5.41) is 4.45. The monoisotopic (exact) mass is 329 g/mol. The number of methoxy groups -OCH3 is 1. The van der Waals surface area contributed by atoms with E-state index in [1.165, 1.54) is 7.11 Å². The molecule has 0 spiro atoms. The van der Waals surface area contributed by atoms with Crippen LogP contribution in [0.3, 0.4) is 0 Å². The fourth-order valence-electron chi connectivity index (χ4n) is 3.18. The zero-order chi connectivity index (χ0) is 15.0. The zero-order valence-electron chi connectivity index (χ0n) is 11.7. The Morgan fingerprint density at radius 3 is 2.81 bits per heavy atom. The second-order valence-corrected chi connectivity index (χ2v) is 6.40. The summed E-state index contributed by atoms with van der Waals surface area (Å²) < 4.78 is 10.7. The molecule has 2 unspecified atom stereocenters. The highest BCUT2D eigenvalue weighted by Gasteiger charge is 2.48. The molecule has 2 atom stereocenters. The van der Waals surface area contributed by atoms with E-state index in [9.17, 15) is 4.79 Å². The minimum Gasteiger partial charge on any atom is -0.469 e. The molecule has 2 saturated heterocycles. The molecule has 2 fully saturated rings. The van der Waals surface area contributed by atoms with Crippen molar-refractivity contribution >= 4 is 29.2 Å². The molecule has 21 heavy (non-hydrogen) atoms. The summed E-state index contributed by atoms with van der Waals surface area (Å²) in [6.07, 6.45) is 1.80. The van der Waals surface area contributed by atoms with Crippen molar-refractivity contribution in [3.63, 3.8) is 0 Å². The molecule has 4 nitrogen and oxygen atoms in total. The molecule has 0 aromatic heterocycles. The lowest BCUT2D eigenvalue weighted by Crippen LogP contribution is -2.38. The third-order valence-electron chi connectivity index (χ3n) is 4.28. The van der Waals surface area contributed by atoms with E-state index >= 15 is 0 Å². The molecular weight excluding hydrogens is 313 g/mol. The number of benzene rings is 1. The molecule has 0 amide bonds. The number of hydrogen-bond donors (Lipinski definition) is 1. The van der Waals surface area contributed by atoms with Crippen LogP contribution >= 0.6 is 23.2 Å². The fourth-order valence-corrected chi connectivity index (χ4v) is 3.53. The summed E-state index contributed by atoms with van der Waals surface area (Å²) in [6, 6.07) is 4.12. The van der Waals surface area contributed by atoms with Gasteiger partial charge in [0.25, 0.3) is 0 Å². The maximum atomic E-state index is 11.4. The molecule has 1 N–H and O–H groups in total. The van der Waals surface area contributed by atoms with Gasteiger partial charge in [-0.2, -0.15) is 0 Å². The van der Waals surface area contributed by atoms with E-state index in [2.05, 4.69) is 5.32 Å². The largest absolute Gasteiger partial charge is 0.469 e. The number of halogens is 2. The number of morpholine rings is 1. The Morgan fingerprint density at radius 1 is 1.48 bits per heavy atom. The van der Waals surface area contributed by atoms with Crippen LogP contribution in [0, 0.1) is 0 Å². The van der Waals surface area contributed by atoms with Crippen molar-refractivity contribution in [2.45, 2.75) is 30.9 Å². The van der Waals surface area contributed by atoms with Gasteiger partial charge in [0.1, 0.15) is 5.60 Å². The summed E-state index contributed by atoms with van der Waals surface area (Å²) in [4.78, 5) is 11.4. The van der Waals surface area contributed by atoms with Crippen LogP contribution in [0.1, 0.15) is 24.0 Å². The lowest BCUT2D eigenvalue weighted by atomic mass is 9.87. The van der Waals surface area contributed by atoms with Crippen LogP contribution in [0.15, 0.2) is 12.1 Å². The molecule has 1 aromatic carbocycles. The van der Waals surface area contributed by atoms with E-state index in [1.807, 2.05) is 12.1 Å². The Bertz CT molecular complexity index is 568.